The Bertz CT molecular complexity index is 834. The predicted octanol–water partition coefficient (Wildman–Crippen LogP) is 4.77. The molecule has 0 bridgehead atoms. The van der Waals surface area contributed by atoms with Gasteiger partial charge in [-0.15, -0.1) is 0 Å². The third kappa shape index (κ3) is 3.91. The average molecular weight is 354 g/mol. The third-order valence-corrected chi connectivity index (χ3v) is 4.92. The molecule has 128 valence electrons. The number of piperidine rings is 1. The Kier molecular flexibility index (Phi) is 4.81. The number of aromatic nitrogens is 2. The van der Waals surface area contributed by atoms with Crippen molar-refractivity contribution < 1.29 is 4.52 Å². The molecule has 0 spiro atoms. The molecule has 0 unspecified atom stereocenters. The van der Waals surface area contributed by atoms with E-state index in [0.29, 0.717) is 29.2 Å². The van der Waals surface area contributed by atoms with Crippen LogP contribution in [0.1, 0.15) is 30.2 Å². The highest BCUT2D eigenvalue weighted by atomic mass is 35.5. The topological polar surface area (TPSA) is 42.2 Å². The van der Waals surface area contributed by atoms with Crippen LogP contribution in [0.4, 0.5) is 0 Å². The normalized spacial score (nSPS) is 18.4. The molecule has 2 heterocycles. The van der Waals surface area contributed by atoms with Gasteiger partial charge in [0.1, 0.15) is 0 Å². The molecule has 1 aliphatic heterocycles. The zero-order chi connectivity index (χ0) is 17.1. The van der Waals surface area contributed by atoms with E-state index >= 15 is 0 Å². The van der Waals surface area contributed by atoms with Crippen LogP contribution in [0.25, 0.3) is 11.4 Å². The van der Waals surface area contributed by atoms with Crippen molar-refractivity contribution >= 4 is 11.6 Å². The molecular formula is C20H20ClN3O. The predicted molar refractivity (Wildman–Crippen MR) is 98.4 cm³/mol. The van der Waals surface area contributed by atoms with Crippen molar-refractivity contribution in [1.82, 2.24) is 15.0 Å². The minimum Gasteiger partial charge on any atom is -0.338 e. The van der Waals surface area contributed by atoms with Gasteiger partial charge in [-0.05, 0) is 43.0 Å². The van der Waals surface area contributed by atoms with Gasteiger partial charge in [0.25, 0.3) is 0 Å². The van der Waals surface area contributed by atoms with Crippen LogP contribution in [-0.4, -0.2) is 28.1 Å². The molecule has 2 aromatic carbocycles. The third-order valence-electron chi connectivity index (χ3n) is 4.69. The maximum atomic E-state index is 6.04. The highest BCUT2D eigenvalue weighted by molar-refractivity contribution is 6.30. The standard InChI is InChI=1S/C20H20ClN3O/c21-18-10-4-8-16(12-18)20-22-19(25-23-20)14-24-11-5-9-17(13-24)15-6-2-1-3-7-15/h1-4,6-8,10,12,17H,5,9,11,13-14H2/t17-/m1/s1. The van der Waals surface area contributed by atoms with Gasteiger partial charge in [-0.2, -0.15) is 4.98 Å². The Morgan fingerprint density at radius 3 is 2.84 bits per heavy atom. The van der Waals surface area contributed by atoms with Crippen molar-refractivity contribution in [3.05, 3.63) is 71.1 Å². The Labute approximate surface area is 152 Å². The summed E-state index contributed by atoms with van der Waals surface area (Å²) in [5.41, 5.74) is 2.29. The maximum absolute atomic E-state index is 6.04. The monoisotopic (exact) mass is 353 g/mol. The van der Waals surface area contributed by atoms with Crippen molar-refractivity contribution in [2.45, 2.75) is 25.3 Å². The lowest BCUT2D eigenvalue weighted by Gasteiger charge is -2.31. The molecule has 0 radical (unpaired) electrons. The van der Waals surface area contributed by atoms with Crippen LogP contribution in [0.15, 0.2) is 59.1 Å². The molecule has 5 heteroatoms. The van der Waals surface area contributed by atoms with Gasteiger partial charge in [0.05, 0.1) is 6.54 Å². The highest BCUT2D eigenvalue weighted by Gasteiger charge is 2.23. The molecule has 4 rings (SSSR count). The molecular weight excluding hydrogens is 334 g/mol. The van der Waals surface area contributed by atoms with E-state index in [-0.39, 0.29) is 0 Å². The van der Waals surface area contributed by atoms with E-state index in [1.54, 1.807) is 0 Å². The number of halogens is 1. The summed E-state index contributed by atoms with van der Waals surface area (Å²) in [5.74, 6) is 1.82. The van der Waals surface area contributed by atoms with E-state index < -0.39 is 0 Å². The van der Waals surface area contributed by atoms with Gasteiger partial charge in [-0.3, -0.25) is 4.90 Å². The van der Waals surface area contributed by atoms with Gasteiger partial charge in [0.2, 0.25) is 11.7 Å². The highest BCUT2D eigenvalue weighted by Crippen LogP contribution is 2.27. The first kappa shape index (κ1) is 16.3. The zero-order valence-corrected chi connectivity index (χ0v) is 14.7. The SMILES string of the molecule is Clc1cccc(-c2noc(CN3CCC[C@@H](c4ccccc4)C3)n2)c1. The quantitative estimate of drug-likeness (QED) is 0.677. The Hall–Kier alpha value is -2.17. The molecule has 3 aromatic rings. The Morgan fingerprint density at radius 2 is 2.00 bits per heavy atom. The molecule has 4 nitrogen and oxygen atoms in total. The number of benzene rings is 2. The summed E-state index contributed by atoms with van der Waals surface area (Å²) >= 11 is 6.04. The second-order valence-corrected chi connectivity index (χ2v) is 6.94. The number of nitrogens with zero attached hydrogens (tertiary/aromatic N) is 3. The second kappa shape index (κ2) is 7.38. The molecule has 1 atom stereocenters. The summed E-state index contributed by atoms with van der Waals surface area (Å²) in [6.45, 7) is 2.79. The minimum atomic E-state index is 0.574. The summed E-state index contributed by atoms with van der Waals surface area (Å²) in [4.78, 5) is 6.93. The van der Waals surface area contributed by atoms with Crippen molar-refractivity contribution in [3.8, 4) is 11.4 Å². The lowest BCUT2D eigenvalue weighted by molar-refractivity contribution is 0.177. The molecule has 1 saturated heterocycles. The van der Waals surface area contributed by atoms with Crippen LogP contribution in [0, 0.1) is 0 Å². The van der Waals surface area contributed by atoms with Gasteiger partial charge >= 0.3 is 0 Å². The fraction of sp³-hybridized carbons (Fsp3) is 0.300. The van der Waals surface area contributed by atoms with Gasteiger partial charge in [0.15, 0.2) is 0 Å². The molecule has 1 aliphatic rings. The summed E-state index contributed by atoms with van der Waals surface area (Å²) < 4.78 is 5.46. The molecule has 0 N–H and O–H groups in total. The van der Waals surface area contributed by atoms with Crippen LogP contribution in [-0.2, 0) is 6.54 Å². The summed E-state index contributed by atoms with van der Waals surface area (Å²) in [6, 6.07) is 18.3. The van der Waals surface area contributed by atoms with Crippen LogP contribution in [0.5, 0.6) is 0 Å². The van der Waals surface area contributed by atoms with Crippen LogP contribution in [0.2, 0.25) is 5.02 Å². The molecule has 1 fully saturated rings. The van der Waals surface area contributed by atoms with E-state index in [1.165, 1.54) is 18.4 Å². The molecule has 0 aliphatic carbocycles. The summed E-state index contributed by atoms with van der Waals surface area (Å²) in [7, 11) is 0. The van der Waals surface area contributed by atoms with E-state index in [2.05, 4.69) is 45.4 Å². The number of hydrogen-bond donors (Lipinski definition) is 0. The van der Waals surface area contributed by atoms with E-state index in [9.17, 15) is 0 Å². The fourth-order valence-electron chi connectivity index (χ4n) is 3.45. The Morgan fingerprint density at radius 1 is 1.12 bits per heavy atom. The summed E-state index contributed by atoms with van der Waals surface area (Å²) in [5, 5.41) is 4.77. The number of likely N-dealkylation sites (tertiary alicyclic amines) is 1. The van der Waals surface area contributed by atoms with E-state index in [0.717, 1.165) is 18.7 Å². The lowest BCUT2D eigenvalue weighted by atomic mass is 9.91. The molecule has 0 amide bonds. The Balaban J connectivity index is 1.44. The molecule has 0 saturated carbocycles. The number of hydrogen-bond acceptors (Lipinski definition) is 4. The largest absolute Gasteiger partial charge is 0.338 e. The van der Waals surface area contributed by atoms with Crippen molar-refractivity contribution in [3.63, 3.8) is 0 Å². The minimum absolute atomic E-state index is 0.574. The first-order valence-corrected chi connectivity index (χ1v) is 9.01. The van der Waals surface area contributed by atoms with Crippen molar-refractivity contribution in [2.75, 3.05) is 13.1 Å². The lowest BCUT2D eigenvalue weighted by Crippen LogP contribution is -2.33. The summed E-state index contributed by atoms with van der Waals surface area (Å²) in [6.07, 6.45) is 2.42. The van der Waals surface area contributed by atoms with Gasteiger partial charge in [-0.1, -0.05) is 59.2 Å². The zero-order valence-electron chi connectivity index (χ0n) is 13.9. The first-order valence-electron chi connectivity index (χ1n) is 8.64. The van der Waals surface area contributed by atoms with E-state index in [1.807, 2.05) is 24.3 Å². The van der Waals surface area contributed by atoms with Crippen LogP contribution >= 0.6 is 11.6 Å². The molecule has 1 aromatic heterocycles. The van der Waals surface area contributed by atoms with Crippen molar-refractivity contribution in [1.29, 1.82) is 0 Å². The molecule has 25 heavy (non-hydrogen) atoms. The smallest absolute Gasteiger partial charge is 0.241 e. The van der Waals surface area contributed by atoms with E-state index in [4.69, 9.17) is 16.1 Å². The van der Waals surface area contributed by atoms with Crippen LogP contribution < -0.4 is 0 Å². The fourth-order valence-corrected chi connectivity index (χ4v) is 3.64. The van der Waals surface area contributed by atoms with Gasteiger partial charge in [-0.25, -0.2) is 0 Å². The average Bonchev–Trinajstić information content (AvgIpc) is 3.11. The second-order valence-electron chi connectivity index (χ2n) is 6.51. The van der Waals surface area contributed by atoms with Gasteiger partial charge in [0, 0.05) is 17.1 Å². The number of rotatable bonds is 4. The first-order chi connectivity index (χ1) is 12.3. The van der Waals surface area contributed by atoms with Crippen molar-refractivity contribution in [2.24, 2.45) is 0 Å². The van der Waals surface area contributed by atoms with Gasteiger partial charge < -0.3 is 4.52 Å². The maximum Gasteiger partial charge on any atom is 0.241 e. The van der Waals surface area contributed by atoms with Crippen LogP contribution in [0.3, 0.4) is 0 Å².